The van der Waals surface area contributed by atoms with E-state index in [0.717, 1.165) is 19.3 Å². The molecule has 0 spiro atoms. The standard InChI is InChI=1S/C9H12.C8H12O.C2H6/c1-3-9-6-4-5-8(2)7-9;1-3-5-6-7-8(9)4-2;1-2/h4-7H,3H2,1-2H3;3-5H2,1-2H3;1-2H3. The second-order valence-corrected chi connectivity index (χ2v) is 4.17. The van der Waals surface area contributed by atoms with Crippen molar-refractivity contribution in [3.05, 3.63) is 35.4 Å². The van der Waals surface area contributed by atoms with Gasteiger partial charge in [-0.2, -0.15) is 0 Å². The van der Waals surface area contributed by atoms with E-state index in [2.05, 4.69) is 50.0 Å². The number of hydrogen-bond donors (Lipinski definition) is 0. The zero-order valence-corrected chi connectivity index (χ0v) is 14.0. The van der Waals surface area contributed by atoms with Gasteiger partial charge in [0, 0.05) is 12.8 Å². The van der Waals surface area contributed by atoms with Crippen LogP contribution in [0.1, 0.15) is 65.0 Å². The largest absolute Gasteiger partial charge is 0.285 e. The van der Waals surface area contributed by atoms with Crippen LogP contribution in [0.15, 0.2) is 24.3 Å². The number of Topliss-reactive ketones (excluding diaryl/α,β-unsaturated/α-hetero) is 1. The molecule has 0 atom stereocenters. The summed E-state index contributed by atoms with van der Waals surface area (Å²) in [6, 6.07) is 8.61. The average molecular weight is 274 g/mol. The summed E-state index contributed by atoms with van der Waals surface area (Å²) in [6.07, 6.45) is 3.55. The third-order valence-corrected chi connectivity index (χ3v) is 2.41. The van der Waals surface area contributed by atoms with E-state index >= 15 is 0 Å². The monoisotopic (exact) mass is 274 g/mol. The van der Waals surface area contributed by atoms with Gasteiger partial charge in [0.2, 0.25) is 5.78 Å². The normalized spacial score (nSPS) is 8.10. The van der Waals surface area contributed by atoms with E-state index < -0.39 is 0 Å². The van der Waals surface area contributed by atoms with Gasteiger partial charge in [-0.05, 0) is 31.2 Å². The number of ketones is 1. The number of rotatable bonds is 3. The van der Waals surface area contributed by atoms with E-state index in [1.54, 1.807) is 0 Å². The first-order valence-electron chi connectivity index (χ1n) is 7.71. The topological polar surface area (TPSA) is 17.1 Å². The summed E-state index contributed by atoms with van der Waals surface area (Å²) in [5.41, 5.74) is 2.78. The first kappa shape index (κ1) is 20.8. The molecule has 0 aliphatic carbocycles. The molecule has 0 aromatic heterocycles. The van der Waals surface area contributed by atoms with E-state index in [1.807, 2.05) is 27.7 Å². The summed E-state index contributed by atoms with van der Waals surface area (Å²) < 4.78 is 0. The fourth-order valence-corrected chi connectivity index (χ4v) is 1.31. The van der Waals surface area contributed by atoms with Gasteiger partial charge in [0.1, 0.15) is 0 Å². The van der Waals surface area contributed by atoms with Crippen LogP contribution in [0, 0.1) is 18.8 Å². The maximum absolute atomic E-state index is 10.5. The molecular formula is C19H30O. The fraction of sp³-hybridized carbons (Fsp3) is 0.526. The van der Waals surface area contributed by atoms with Crippen molar-refractivity contribution in [3.63, 3.8) is 0 Å². The van der Waals surface area contributed by atoms with Crippen molar-refractivity contribution >= 4 is 5.78 Å². The van der Waals surface area contributed by atoms with Crippen molar-refractivity contribution in [1.82, 2.24) is 0 Å². The minimum atomic E-state index is 0.0449. The number of benzene rings is 1. The van der Waals surface area contributed by atoms with E-state index in [4.69, 9.17) is 0 Å². The van der Waals surface area contributed by atoms with Crippen molar-refractivity contribution in [3.8, 4) is 11.8 Å². The molecule has 0 N–H and O–H groups in total. The smallest absolute Gasteiger partial charge is 0.205 e. The van der Waals surface area contributed by atoms with Gasteiger partial charge >= 0.3 is 0 Å². The molecule has 0 heterocycles. The highest BCUT2D eigenvalue weighted by Gasteiger charge is 1.86. The van der Waals surface area contributed by atoms with Crippen LogP contribution in [0.3, 0.4) is 0 Å². The van der Waals surface area contributed by atoms with Gasteiger partial charge in [0.05, 0.1) is 0 Å². The molecule has 112 valence electrons. The number of carbonyl (C=O) groups excluding carboxylic acids is 1. The van der Waals surface area contributed by atoms with Gasteiger partial charge in [-0.1, -0.05) is 70.4 Å². The summed E-state index contributed by atoms with van der Waals surface area (Å²) >= 11 is 0. The Balaban J connectivity index is 0. The molecule has 0 bridgehead atoms. The minimum Gasteiger partial charge on any atom is -0.285 e. The Morgan fingerprint density at radius 2 is 1.80 bits per heavy atom. The van der Waals surface area contributed by atoms with Crippen molar-refractivity contribution in [2.75, 3.05) is 0 Å². The highest BCUT2D eigenvalue weighted by molar-refractivity contribution is 5.95. The fourth-order valence-electron chi connectivity index (χ4n) is 1.31. The summed E-state index contributed by atoms with van der Waals surface area (Å²) in [7, 11) is 0. The molecule has 1 rings (SSSR count). The maximum Gasteiger partial charge on any atom is 0.205 e. The van der Waals surface area contributed by atoms with Crippen LogP contribution >= 0.6 is 0 Å². The average Bonchev–Trinajstić information content (AvgIpc) is 2.50. The highest BCUT2D eigenvalue weighted by atomic mass is 16.1. The van der Waals surface area contributed by atoms with E-state index in [-0.39, 0.29) is 5.78 Å². The quantitative estimate of drug-likeness (QED) is 0.536. The molecule has 1 nitrogen and oxygen atoms in total. The SMILES string of the molecule is CC.CCCC#CC(=O)CC.CCc1cccc(C)c1. The van der Waals surface area contributed by atoms with Crippen LogP contribution in [0.5, 0.6) is 0 Å². The van der Waals surface area contributed by atoms with Crippen molar-refractivity contribution in [2.45, 2.75) is 67.2 Å². The van der Waals surface area contributed by atoms with E-state index in [9.17, 15) is 4.79 Å². The van der Waals surface area contributed by atoms with Gasteiger partial charge in [0.15, 0.2) is 0 Å². The zero-order chi connectivity index (χ0) is 15.8. The molecule has 0 fully saturated rings. The van der Waals surface area contributed by atoms with E-state index in [1.165, 1.54) is 11.1 Å². The number of aryl methyl sites for hydroxylation is 2. The number of hydrogen-bond acceptors (Lipinski definition) is 1. The molecule has 0 saturated heterocycles. The van der Waals surface area contributed by atoms with Crippen LogP contribution in [0.25, 0.3) is 0 Å². The lowest BCUT2D eigenvalue weighted by Gasteiger charge is -1.95. The lowest BCUT2D eigenvalue weighted by molar-refractivity contribution is -0.113. The van der Waals surface area contributed by atoms with E-state index in [0.29, 0.717) is 6.42 Å². The maximum atomic E-state index is 10.5. The molecule has 0 saturated carbocycles. The van der Waals surface area contributed by atoms with Gasteiger partial charge in [0.25, 0.3) is 0 Å². The Kier molecular flexibility index (Phi) is 16.1. The third-order valence-electron chi connectivity index (χ3n) is 2.41. The number of carbonyl (C=O) groups is 1. The third kappa shape index (κ3) is 12.9. The molecule has 1 heteroatoms. The molecular weight excluding hydrogens is 244 g/mol. The van der Waals surface area contributed by atoms with Gasteiger partial charge in [-0.3, -0.25) is 4.79 Å². The summed E-state index contributed by atoms with van der Waals surface area (Å²) in [5.74, 6) is 5.38. The summed E-state index contributed by atoms with van der Waals surface area (Å²) in [6.45, 7) is 12.2. The van der Waals surface area contributed by atoms with Crippen LogP contribution in [0.4, 0.5) is 0 Å². The summed E-state index contributed by atoms with van der Waals surface area (Å²) in [4.78, 5) is 10.5. The molecule has 0 aliphatic rings. The molecule has 20 heavy (non-hydrogen) atoms. The predicted molar refractivity (Wildman–Crippen MR) is 89.9 cm³/mol. The predicted octanol–water partition coefficient (Wildman–Crippen LogP) is 5.35. The van der Waals surface area contributed by atoms with Gasteiger partial charge in [-0.15, -0.1) is 0 Å². The van der Waals surface area contributed by atoms with Crippen LogP contribution in [0.2, 0.25) is 0 Å². The molecule has 0 radical (unpaired) electrons. The molecule has 1 aromatic carbocycles. The van der Waals surface area contributed by atoms with Crippen LogP contribution in [-0.4, -0.2) is 5.78 Å². The zero-order valence-electron chi connectivity index (χ0n) is 14.0. The highest BCUT2D eigenvalue weighted by Crippen LogP contribution is 2.03. The van der Waals surface area contributed by atoms with Crippen molar-refractivity contribution in [2.24, 2.45) is 0 Å². The first-order chi connectivity index (χ1) is 9.63. The lowest BCUT2D eigenvalue weighted by atomic mass is 10.1. The Morgan fingerprint density at radius 3 is 2.20 bits per heavy atom. The minimum absolute atomic E-state index is 0.0449. The lowest BCUT2D eigenvalue weighted by Crippen LogP contribution is -1.87. The Hall–Kier alpha value is -1.55. The van der Waals surface area contributed by atoms with Gasteiger partial charge in [-0.25, -0.2) is 0 Å². The second-order valence-electron chi connectivity index (χ2n) is 4.17. The molecule has 0 unspecified atom stereocenters. The van der Waals surface area contributed by atoms with Crippen molar-refractivity contribution in [1.29, 1.82) is 0 Å². The Morgan fingerprint density at radius 1 is 1.15 bits per heavy atom. The van der Waals surface area contributed by atoms with Crippen molar-refractivity contribution < 1.29 is 4.79 Å². The molecule has 0 aliphatic heterocycles. The summed E-state index contributed by atoms with van der Waals surface area (Å²) in [5, 5.41) is 0. The Labute approximate surface area is 125 Å². The second kappa shape index (κ2) is 15.5. The first-order valence-corrected chi connectivity index (χ1v) is 7.71. The van der Waals surface area contributed by atoms with Gasteiger partial charge < -0.3 is 0 Å². The van der Waals surface area contributed by atoms with Crippen LogP contribution in [-0.2, 0) is 11.2 Å². The van der Waals surface area contributed by atoms with Crippen LogP contribution < -0.4 is 0 Å². The number of unbranched alkanes of at least 4 members (excludes halogenated alkanes) is 1. The Bertz CT molecular complexity index is 407. The molecule has 1 aromatic rings. The molecule has 0 amide bonds.